The summed E-state index contributed by atoms with van der Waals surface area (Å²) in [6.07, 6.45) is -4.79. The van der Waals surface area contributed by atoms with Crippen LogP contribution in [0.4, 0.5) is 13.2 Å². The molecule has 0 aromatic heterocycles. The van der Waals surface area contributed by atoms with Gasteiger partial charge in [-0.3, -0.25) is 0 Å². The number of ether oxygens (including phenoxy) is 1. The van der Waals surface area contributed by atoms with Crippen molar-refractivity contribution in [3.63, 3.8) is 0 Å². The van der Waals surface area contributed by atoms with Gasteiger partial charge in [-0.15, -0.1) is 0 Å². The van der Waals surface area contributed by atoms with E-state index in [9.17, 15) is 18.0 Å². The van der Waals surface area contributed by atoms with Crippen molar-refractivity contribution in [2.24, 2.45) is 0 Å². The van der Waals surface area contributed by atoms with Crippen molar-refractivity contribution < 1.29 is 27.8 Å². The number of esters is 1. The van der Waals surface area contributed by atoms with Crippen molar-refractivity contribution in [3.8, 4) is 6.07 Å². The van der Waals surface area contributed by atoms with Crippen LogP contribution in [0.3, 0.4) is 0 Å². The SMILES string of the molecule is CCOC(=O)c1cc(CO)cc(C(F)(F)F)c1C#N. The third kappa shape index (κ3) is 3.23. The Morgan fingerprint density at radius 3 is 2.53 bits per heavy atom. The first-order valence-corrected chi connectivity index (χ1v) is 5.27. The molecule has 0 fully saturated rings. The molecule has 0 unspecified atom stereocenters. The molecule has 0 heterocycles. The van der Waals surface area contributed by atoms with Crippen molar-refractivity contribution in [3.05, 3.63) is 34.4 Å². The fourth-order valence-corrected chi connectivity index (χ4v) is 1.51. The van der Waals surface area contributed by atoms with Crippen LogP contribution in [0.1, 0.15) is 34.0 Å². The second kappa shape index (κ2) is 5.71. The van der Waals surface area contributed by atoms with Gasteiger partial charge in [0.1, 0.15) is 6.07 Å². The van der Waals surface area contributed by atoms with Crippen LogP contribution in [0.15, 0.2) is 12.1 Å². The molecule has 0 spiro atoms. The maximum absolute atomic E-state index is 12.8. The second-order valence-electron chi connectivity index (χ2n) is 3.55. The molecular formula is C12H10F3NO3. The van der Waals surface area contributed by atoms with Crippen molar-refractivity contribution in [2.75, 3.05) is 6.61 Å². The molecule has 0 saturated heterocycles. The van der Waals surface area contributed by atoms with Crippen LogP contribution < -0.4 is 0 Å². The van der Waals surface area contributed by atoms with Gasteiger partial charge in [-0.1, -0.05) is 0 Å². The first-order chi connectivity index (χ1) is 8.85. The van der Waals surface area contributed by atoms with E-state index in [2.05, 4.69) is 4.74 Å². The summed E-state index contributed by atoms with van der Waals surface area (Å²) >= 11 is 0. The lowest BCUT2D eigenvalue weighted by molar-refractivity contribution is -0.137. The van der Waals surface area contributed by atoms with Gasteiger partial charge in [-0.2, -0.15) is 18.4 Å². The van der Waals surface area contributed by atoms with E-state index in [1.807, 2.05) is 0 Å². The molecule has 1 N–H and O–H groups in total. The van der Waals surface area contributed by atoms with Gasteiger partial charge in [0, 0.05) is 0 Å². The third-order valence-electron chi connectivity index (χ3n) is 2.29. The van der Waals surface area contributed by atoms with Gasteiger partial charge in [0.05, 0.1) is 29.9 Å². The number of benzene rings is 1. The van der Waals surface area contributed by atoms with Crippen LogP contribution >= 0.6 is 0 Å². The van der Waals surface area contributed by atoms with Gasteiger partial charge in [0.25, 0.3) is 0 Å². The number of halogens is 3. The predicted octanol–water partition coefficient (Wildman–Crippen LogP) is 2.25. The number of alkyl halides is 3. The van der Waals surface area contributed by atoms with E-state index in [4.69, 9.17) is 10.4 Å². The molecule has 7 heteroatoms. The van der Waals surface area contributed by atoms with Gasteiger partial charge >= 0.3 is 12.1 Å². The molecule has 0 atom stereocenters. The van der Waals surface area contributed by atoms with E-state index in [0.717, 1.165) is 6.07 Å². The number of nitrogens with zero attached hydrogens (tertiary/aromatic N) is 1. The highest BCUT2D eigenvalue weighted by atomic mass is 19.4. The van der Waals surface area contributed by atoms with Crippen molar-refractivity contribution in [1.29, 1.82) is 5.26 Å². The number of hydrogen-bond donors (Lipinski definition) is 1. The minimum atomic E-state index is -4.79. The molecule has 1 aromatic rings. The molecule has 0 aliphatic carbocycles. The van der Waals surface area contributed by atoms with E-state index >= 15 is 0 Å². The summed E-state index contributed by atoms with van der Waals surface area (Å²) in [7, 11) is 0. The Labute approximate surface area is 107 Å². The summed E-state index contributed by atoms with van der Waals surface area (Å²) < 4.78 is 43.0. The van der Waals surface area contributed by atoms with Gasteiger partial charge in [-0.05, 0) is 24.6 Å². The van der Waals surface area contributed by atoms with Crippen LogP contribution in [-0.2, 0) is 17.5 Å². The van der Waals surface area contributed by atoms with Crippen LogP contribution in [0.25, 0.3) is 0 Å². The lowest BCUT2D eigenvalue weighted by Gasteiger charge is -2.13. The fourth-order valence-electron chi connectivity index (χ4n) is 1.51. The molecule has 4 nitrogen and oxygen atoms in total. The lowest BCUT2D eigenvalue weighted by Crippen LogP contribution is -2.15. The molecule has 19 heavy (non-hydrogen) atoms. The number of nitriles is 1. The van der Waals surface area contributed by atoms with Gasteiger partial charge < -0.3 is 9.84 Å². The average Bonchev–Trinajstić information content (AvgIpc) is 2.36. The fraction of sp³-hybridized carbons (Fsp3) is 0.333. The largest absolute Gasteiger partial charge is 0.462 e. The molecule has 0 saturated carbocycles. The minimum absolute atomic E-state index is 0.0333. The number of carbonyl (C=O) groups is 1. The minimum Gasteiger partial charge on any atom is -0.462 e. The van der Waals surface area contributed by atoms with E-state index in [1.54, 1.807) is 0 Å². The van der Waals surface area contributed by atoms with E-state index in [1.165, 1.54) is 13.0 Å². The van der Waals surface area contributed by atoms with Gasteiger partial charge in [0.2, 0.25) is 0 Å². The molecule has 0 aliphatic rings. The Kier molecular flexibility index (Phi) is 4.51. The summed E-state index contributed by atoms with van der Waals surface area (Å²) in [6.45, 7) is 0.778. The molecule has 0 radical (unpaired) electrons. The van der Waals surface area contributed by atoms with Crippen molar-refractivity contribution >= 4 is 5.97 Å². The zero-order chi connectivity index (χ0) is 14.6. The van der Waals surface area contributed by atoms with Crippen LogP contribution in [0, 0.1) is 11.3 Å². The highest BCUT2D eigenvalue weighted by Crippen LogP contribution is 2.34. The molecule has 0 amide bonds. The summed E-state index contributed by atoms with van der Waals surface area (Å²) in [5, 5.41) is 17.7. The maximum atomic E-state index is 12.8. The number of carbonyl (C=O) groups excluding carboxylic acids is 1. The van der Waals surface area contributed by atoms with Gasteiger partial charge in [-0.25, -0.2) is 4.79 Å². The standard InChI is InChI=1S/C12H10F3NO3/c1-2-19-11(18)8-3-7(6-17)4-10(9(8)5-16)12(13,14)15/h3-4,17H,2,6H2,1H3. The summed E-state index contributed by atoms with van der Waals surface area (Å²) in [4.78, 5) is 11.5. The van der Waals surface area contributed by atoms with Crippen molar-refractivity contribution in [1.82, 2.24) is 0 Å². The molecule has 0 aliphatic heterocycles. The highest BCUT2D eigenvalue weighted by molar-refractivity contribution is 5.93. The molecule has 102 valence electrons. The van der Waals surface area contributed by atoms with Crippen LogP contribution in [0.5, 0.6) is 0 Å². The van der Waals surface area contributed by atoms with E-state index < -0.39 is 35.4 Å². The van der Waals surface area contributed by atoms with E-state index in [-0.39, 0.29) is 12.2 Å². The number of hydrogen-bond acceptors (Lipinski definition) is 4. The molecule has 1 rings (SSSR count). The smallest absolute Gasteiger partial charge is 0.417 e. The topological polar surface area (TPSA) is 70.3 Å². The number of rotatable bonds is 3. The van der Waals surface area contributed by atoms with Crippen LogP contribution in [0.2, 0.25) is 0 Å². The van der Waals surface area contributed by atoms with Crippen LogP contribution in [-0.4, -0.2) is 17.7 Å². The maximum Gasteiger partial charge on any atom is 0.417 e. The monoisotopic (exact) mass is 273 g/mol. The average molecular weight is 273 g/mol. The predicted molar refractivity (Wildman–Crippen MR) is 58.0 cm³/mol. The normalized spacial score (nSPS) is 10.9. The Hall–Kier alpha value is -2.07. The molecule has 1 aromatic carbocycles. The summed E-state index contributed by atoms with van der Waals surface area (Å²) in [6, 6.07) is 3.02. The zero-order valence-corrected chi connectivity index (χ0v) is 9.91. The summed E-state index contributed by atoms with van der Waals surface area (Å²) in [5.74, 6) is -1.03. The van der Waals surface area contributed by atoms with Crippen molar-refractivity contribution in [2.45, 2.75) is 19.7 Å². The number of aliphatic hydroxyl groups excluding tert-OH is 1. The first-order valence-electron chi connectivity index (χ1n) is 5.27. The first kappa shape index (κ1) is 15.0. The zero-order valence-electron chi connectivity index (χ0n) is 9.91. The Balaban J connectivity index is 3.54. The third-order valence-corrected chi connectivity index (χ3v) is 2.29. The highest BCUT2D eigenvalue weighted by Gasteiger charge is 2.36. The Morgan fingerprint density at radius 1 is 1.47 bits per heavy atom. The second-order valence-corrected chi connectivity index (χ2v) is 3.55. The number of aliphatic hydroxyl groups is 1. The Bertz CT molecular complexity index is 532. The summed E-state index contributed by atoms with van der Waals surface area (Å²) in [5.41, 5.74) is -2.68. The lowest BCUT2D eigenvalue weighted by atomic mass is 9.98. The Morgan fingerprint density at radius 2 is 2.11 bits per heavy atom. The van der Waals surface area contributed by atoms with E-state index in [0.29, 0.717) is 6.07 Å². The quantitative estimate of drug-likeness (QED) is 0.857. The molecular weight excluding hydrogens is 263 g/mol. The van der Waals surface area contributed by atoms with Gasteiger partial charge in [0.15, 0.2) is 0 Å². The molecule has 0 bridgehead atoms.